The quantitative estimate of drug-likeness (QED) is 0.628. The number of urea groups is 1. The number of H-pyrrole nitrogens is 1. The fourth-order valence-corrected chi connectivity index (χ4v) is 4.09. The number of benzene rings is 2. The smallest absolute Gasteiger partial charge is 0.315 e. The van der Waals surface area contributed by atoms with Gasteiger partial charge in [0.15, 0.2) is 0 Å². The van der Waals surface area contributed by atoms with Crippen LogP contribution in [0.3, 0.4) is 0 Å². The van der Waals surface area contributed by atoms with Gasteiger partial charge in [-0.25, -0.2) is 4.79 Å². The molecule has 3 aromatic rings. The SMILES string of the molecule is O=C(NC1CC1)N[C@H](Cc1c[nH]c2ccccc12)C(=O)N1CCc2ccccc21. The van der Waals surface area contributed by atoms with Crippen molar-refractivity contribution in [2.45, 2.75) is 37.8 Å². The maximum Gasteiger partial charge on any atom is 0.315 e. The molecular weight excluding hydrogens is 364 g/mol. The summed E-state index contributed by atoms with van der Waals surface area (Å²) in [6.07, 6.45) is 5.24. The lowest BCUT2D eigenvalue weighted by Crippen LogP contribution is -2.52. The number of amides is 3. The van der Waals surface area contributed by atoms with Crippen LogP contribution >= 0.6 is 0 Å². The summed E-state index contributed by atoms with van der Waals surface area (Å²) < 4.78 is 0. The minimum atomic E-state index is -0.626. The lowest BCUT2D eigenvalue weighted by molar-refractivity contribution is -0.120. The van der Waals surface area contributed by atoms with Crippen LogP contribution < -0.4 is 15.5 Å². The molecule has 5 rings (SSSR count). The van der Waals surface area contributed by atoms with Crippen molar-refractivity contribution in [2.24, 2.45) is 0 Å². The minimum Gasteiger partial charge on any atom is -0.361 e. The highest BCUT2D eigenvalue weighted by Gasteiger charge is 2.32. The third-order valence-corrected chi connectivity index (χ3v) is 5.77. The van der Waals surface area contributed by atoms with Crippen LogP contribution in [-0.2, 0) is 17.6 Å². The third-order valence-electron chi connectivity index (χ3n) is 5.77. The predicted octanol–water partition coefficient (Wildman–Crippen LogP) is 3.13. The lowest BCUT2D eigenvalue weighted by atomic mass is 10.0. The molecule has 0 radical (unpaired) electrons. The Morgan fingerprint density at radius 1 is 1.10 bits per heavy atom. The molecule has 0 spiro atoms. The second-order valence-electron chi connectivity index (χ2n) is 7.88. The molecular formula is C23H24N4O2. The molecule has 2 heterocycles. The molecule has 1 aromatic heterocycles. The molecule has 148 valence electrons. The zero-order chi connectivity index (χ0) is 19.8. The highest BCUT2D eigenvalue weighted by Crippen LogP contribution is 2.29. The highest BCUT2D eigenvalue weighted by molar-refractivity contribution is 6.01. The average molecular weight is 388 g/mol. The number of nitrogens with one attached hydrogen (secondary N) is 3. The first-order chi connectivity index (χ1) is 14.2. The van der Waals surface area contributed by atoms with E-state index in [9.17, 15) is 9.59 Å². The van der Waals surface area contributed by atoms with Gasteiger partial charge in [-0.05, 0) is 42.5 Å². The van der Waals surface area contributed by atoms with Crippen molar-refractivity contribution in [1.82, 2.24) is 15.6 Å². The van der Waals surface area contributed by atoms with E-state index in [1.165, 1.54) is 5.56 Å². The van der Waals surface area contributed by atoms with Crippen molar-refractivity contribution >= 4 is 28.5 Å². The molecule has 1 aliphatic heterocycles. The van der Waals surface area contributed by atoms with E-state index in [-0.39, 0.29) is 18.0 Å². The van der Waals surface area contributed by atoms with E-state index in [4.69, 9.17) is 0 Å². The normalized spacial score (nSPS) is 16.5. The summed E-state index contributed by atoms with van der Waals surface area (Å²) in [7, 11) is 0. The van der Waals surface area contributed by atoms with Gasteiger partial charge in [0.1, 0.15) is 6.04 Å². The van der Waals surface area contributed by atoms with Crippen LogP contribution in [0.4, 0.5) is 10.5 Å². The van der Waals surface area contributed by atoms with Crippen LogP contribution in [0.15, 0.2) is 54.7 Å². The maximum absolute atomic E-state index is 13.5. The molecule has 2 aromatic carbocycles. The Balaban J connectivity index is 1.41. The van der Waals surface area contributed by atoms with Crippen molar-refractivity contribution in [3.05, 3.63) is 65.9 Å². The lowest BCUT2D eigenvalue weighted by Gasteiger charge is -2.25. The number of carbonyl (C=O) groups is 2. The molecule has 1 saturated carbocycles. The maximum atomic E-state index is 13.5. The average Bonchev–Trinajstić information content (AvgIpc) is 3.30. The van der Waals surface area contributed by atoms with Crippen molar-refractivity contribution < 1.29 is 9.59 Å². The monoisotopic (exact) mass is 388 g/mol. The number of carbonyl (C=O) groups excluding carboxylic acids is 2. The first-order valence-corrected chi connectivity index (χ1v) is 10.2. The zero-order valence-electron chi connectivity index (χ0n) is 16.2. The van der Waals surface area contributed by atoms with Gasteiger partial charge in [0.2, 0.25) is 5.91 Å². The van der Waals surface area contributed by atoms with Crippen LogP contribution in [0.25, 0.3) is 10.9 Å². The predicted molar refractivity (Wildman–Crippen MR) is 113 cm³/mol. The number of rotatable bonds is 5. The molecule has 1 aliphatic carbocycles. The Hall–Kier alpha value is -3.28. The van der Waals surface area contributed by atoms with Crippen molar-refractivity contribution in [3.63, 3.8) is 0 Å². The van der Waals surface area contributed by atoms with Crippen LogP contribution in [0.2, 0.25) is 0 Å². The molecule has 0 saturated heterocycles. The Kier molecular flexibility index (Phi) is 4.46. The Morgan fingerprint density at radius 3 is 2.76 bits per heavy atom. The molecule has 0 unspecified atom stereocenters. The zero-order valence-corrected chi connectivity index (χ0v) is 16.2. The van der Waals surface area contributed by atoms with Gasteiger partial charge < -0.3 is 20.5 Å². The summed E-state index contributed by atoms with van der Waals surface area (Å²) in [5.41, 5.74) is 4.18. The summed E-state index contributed by atoms with van der Waals surface area (Å²) in [5, 5.41) is 6.96. The molecule has 0 bridgehead atoms. The van der Waals surface area contributed by atoms with E-state index in [1.54, 1.807) is 0 Å². The molecule has 3 amide bonds. The number of aromatic amines is 1. The van der Waals surface area contributed by atoms with E-state index in [1.807, 2.05) is 53.6 Å². The summed E-state index contributed by atoms with van der Waals surface area (Å²) in [4.78, 5) is 31.0. The van der Waals surface area contributed by atoms with E-state index in [0.717, 1.165) is 41.4 Å². The second kappa shape index (κ2) is 7.28. The van der Waals surface area contributed by atoms with Gasteiger partial charge in [0, 0.05) is 41.8 Å². The van der Waals surface area contributed by atoms with Crippen molar-refractivity contribution in [3.8, 4) is 0 Å². The van der Waals surface area contributed by atoms with Crippen molar-refractivity contribution in [1.29, 1.82) is 0 Å². The van der Waals surface area contributed by atoms with Gasteiger partial charge in [-0.3, -0.25) is 4.79 Å². The number of anilines is 1. The summed E-state index contributed by atoms with van der Waals surface area (Å²) in [6, 6.07) is 15.4. The van der Waals surface area contributed by atoms with E-state index >= 15 is 0 Å². The minimum absolute atomic E-state index is 0.0637. The molecule has 3 N–H and O–H groups in total. The number of hydrogen-bond acceptors (Lipinski definition) is 2. The van der Waals surface area contributed by atoms with E-state index in [0.29, 0.717) is 13.0 Å². The molecule has 1 fully saturated rings. The van der Waals surface area contributed by atoms with Crippen LogP contribution in [0.1, 0.15) is 24.0 Å². The first kappa shape index (κ1) is 17.8. The molecule has 1 atom stereocenters. The first-order valence-electron chi connectivity index (χ1n) is 10.2. The van der Waals surface area contributed by atoms with Crippen LogP contribution in [-0.4, -0.2) is 35.6 Å². The highest BCUT2D eigenvalue weighted by atomic mass is 16.2. The number of para-hydroxylation sites is 2. The van der Waals surface area contributed by atoms with Crippen LogP contribution in [0.5, 0.6) is 0 Å². The Labute approximate surface area is 169 Å². The van der Waals surface area contributed by atoms with Gasteiger partial charge in [-0.2, -0.15) is 0 Å². The third kappa shape index (κ3) is 3.58. The number of hydrogen-bond donors (Lipinski definition) is 3. The van der Waals surface area contributed by atoms with E-state index in [2.05, 4.69) is 21.7 Å². The number of fused-ring (bicyclic) bond motifs is 2. The molecule has 29 heavy (non-hydrogen) atoms. The van der Waals surface area contributed by atoms with Gasteiger partial charge >= 0.3 is 6.03 Å². The topological polar surface area (TPSA) is 77.2 Å². The Bertz CT molecular complexity index is 1070. The van der Waals surface area contributed by atoms with Gasteiger partial charge in [0.25, 0.3) is 0 Å². The van der Waals surface area contributed by atoms with Crippen molar-refractivity contribution in [2.75, 3.05) is 11.4 Å². The molecule has 6 heteroatoms. The molecule has 6 nitrogen and oxygen atoms in total. The largest absolute Gasteiger partial charge is 0.361 e. The van der Waals surface area contributed by atoms with Crippen LogP contribution in [0, 0.1) is 0 Å². The van der Waals surface area contributed by atoms with Gasteiger partial charge in [-0.15, -0.1) is 0 Å². The summed E-state index contributed by atoms with van der Waals surface area (Å²) >= 11 is 0. The summed E-state index contributed by atoms with van der Waals surface area (Å²) in [5.74, 6) is -0.0637. The standard InChI is InChI=1S/C23H24N4O2/c28-22(27-12-11-15-5-1-4-8-21(15)27)20(26-23(29)25-17-9-10-17)13-16-14-24-19-7-3-2-6-18(16)19/h1-8,14,17,20,24H,9-13H2,(H2,25,26,29)/t20-/m1/s1. The van der Waals surface area contributed by atoms with Gasteiger partial charge in [-0.1, -0.05) is 36.4 Å². The van der Waals surface area contributed by atoms with Gasteiger partial charge in [0.05, 0.1) is 0 Å². The Morgan fingerprint density at radius 2 is 1.90 bits per heavy atom. The number of aromatic nitrogens is 1. The second-order valence-corrected chi connectivity index (χ2v) is 7.88. The number of nitrogens with zero attached hydrogens (tertiary/aromatic N) is 1. The molecule has 2 aliphatic rings. The summed E-state index contributed by atoms with van der Waals surface area (Å²) in [6.45, 7) is 0.647. The fourth-order valence-electron chi connectivity index (χ4n) is 4.09. The fraction of sp³-hybridized carbons (Fsp3) is 0.304. The van der Waals surface area contributed by atoms with E-state index < -0.39 is 6.04 Å².